The second-order valence-corrected chi connectivity index (χ2v) is 8.85. The zero-order chi connectivity index (χ0) is 23.5. The van der Waals surface area contributed by atoms with Crippen molar-refractivity contribution in [3.8, 4) is 0 Å². The molecular weight excluding hydrogens is 438 g/mol. The molecule has 1 amide bonds. The van der Waals surface area contributed by atoms with E-state index < -0.39 is 15.9 Å². The number of aromatic nitrogens is 6. The van der Waals surface area contributed by atoms with E-state index in [-0.39, 0.29) is 11.2 Å². The Labute approximate surface area is 185 Å². The number of rotatable bonds is 9. The highest BCUT2D eigenvalue weighted by molar-refractivity contribution is 7.89. The minimum atomic E-state index is -3.80. The Kier molecular flexibility index (Phi) is 6.84. The number of nitrogens with zero attached hydrogens (tertiary/aromatic N) is 7. The molecule has 3 aromatic heterocycles. The van der Waals surface area contributed by atoms with E-state index in [1.54, 1.807) is 25.1 Å². The number of anilines is 3. The number of amides is 1. The van der Waals surface area contributed by atoms with E-state index in [1.165, 1.54) is 11.0 Å². The number of carbonyl (C=O) groups excluding carboxylic acids is 1. The molecule has 3 aromatic rings. The SMILES string of the molecule is CCOCCn1nc(C(=O)NS(C)(=O)=O)c2nc(N(C)C)nc(Nc3cc(C)ncn3)c21. The molecule has 0 saturated heterocycles. The number of carbonyl (C=O) groups is 1. The molecule has 3 rings (SSSR count). The second kappa shape index (κ2) is 9.40. The van der Waals surface area contributed by atoms with Crippen LogP contribution in [0.1, 0.15) is 23.1 Å². The first-order valence-corrected chi connectivity index (χ1v) is 11.6. The molecule has 0 spiro atoms. The van der Waals surface area contributed by atoms with Gasteiger partial charge in [-0.2, -0.15) is 10.1 Å². The van der Waals surface area contributed by atoms with E-state index in [0.717, 1.165) is 11.9 Å². The summed E-state index contributed by atoms with van der Waals surface area (Å²) >= 11 is 0. The standard InChI is InChI=1S/C18H25N9O4S/c1-6-31-8-7-27-15-13(14(24-27)17(28)25-32(5,29)30)22-18(26(3)4)23-16(15)21-12-9-11(2)19-10-20-12/h9-10H,6-8H2,1-5H3,(H,25,28)(H,19,20,21,22,23). The molecule has 172 valence electrons. The van der Waals surface area contributed by atoms with Crippen LogP contribution in [0.4, 0.5) is 17.6 Å². The zero-order valence-corrected chi connectivity index (χ0v) is 19.3. The van der Waals surface area contributed by atoms with Crippen LogP contribution in [-0.4, -0.2) is 77.6 Å². The van der Waals surface area contributed by atoms with Gasteiger partial charge in [0, 0.05) is 32.5 Å². The van der Waals surface area contributed by atoms with Crippen molar-refractivity contribution in [2.45, 2.75) is 20.4 Å². The maximum absolute atomic E-state index is 12.7. The van der Waals surface area contributed by atoms with Gasteiger partial charge < -0.3 is 15.0 Å². The fourth-order valence-corrected chi connectivity index (χ4v) is 3.26. The van der Waals surface area contributed by atoms with Gasteiger partial charge in [-0.3, -0.25) is 9.48 Å². The van der Waals surface area contributed by atoms with Gasteiger partial charge in [0.05, 0.1) is 19.4 Å². The molecule has 3 heterocycles. The molecule has 0 aliphatic carbocycles. The number of hydrogen-bond donors (Lipinski definition) is 2. The second-order valence-electron chi connectivity index (χ2n) is 7.11. The van der Waals surface area contributed by atoms with Crippen molar-refractivity contribution < 1.29 is 17.9 Å². The van der Waals surface area contributed by atoms with Crippen LogP contribution >= 0.6 is 0 Å². The van der Waals surface area contributed by atoms with Crippen molar-refractivity contribution in [2.24, 2.45) is 0 Å². The minimum absolute atomic E-state index is 0.144. The molecule has 0 fully saturated rings. The van der Waals surface area contributed by atoms with Crippen LogP contribution in [0.15, 0.2) is 12.4 Å². The lowest BCUT2D eigenvalue weighted by atomic mass is 10.3. The summed E-state index contributed by atoms with van der Waals surface area (Å²) in [5.74, 6) is 0.240. The summed E-state index contributed by atoms with van der Waals surface area (Å²) in [4.78, 5) is 31.7. The average Bonchev–Trinajstić information content (AvgIpc) is 3.06. The Morgan fingerprint density at radius 3 is 2.62 bits per heavy atom. The fourth-order valence-electron chi connectivity index (χ4n) is 2.83. The van der Waals surface area contributed by atoms with Crippen molar-refractivity contribution in [2.75, 3.05) is 43.8 Å². The molecule has 0 bridgehead atoms. The lowest BCUT2D eigenvalue weighted by Crippen LogP contribution is -2.30. The van der Waals surface area contributed by atoms with Gasteiger partial charge in [0.15, 0.2) is 11.5 Å². The van der Waals surface area contributed by atoms with Gasteiger partial charge in [-0.15, -0.1) is 0 Å². The van der Waals surface area contributed by atoms with Gasteiger partial charge >= 0.3 is 0 Å². The number of ether oxygens (including phenoxy) is 1. The Bertz CT molecular complexity index is 1240. The number of fused-ring (bicyclic) bond motifs is 1. The smallest absolute Gasteiger partial charge is 0.287 e. The predicted octanol–water partition coefficient (Wildman–Crippen LogP) is 0.460. The predicted molar refractivity (Wildman–Crippen MR) is 119 cm³/mol. The summed E-state index contributed by atoms with van der Waals surface area (Å²) in [6.45, 7) is 4.81. The summed E-state index contributed by atoms with van der Waals surface area (Å²) in [5, 5.41) is 7.47. The lowest BCUT2D eigenvalue weighted by Gasteiger charge is -2.14. The molecule has 2 N–H and O–H groups in total. The first-order valence-electron chi connectivity index (χ1n) is 9.70. The van der Waals surface area contributed by atoms with Crippen LogP contribution in [0.3, 0.4) is 0 Å². The summed E-state index contributed by atoms with van der Waals surface area (Å²) in [5.41, 5.74) is 1.20. The van der Waals surface area contributed by atoms with Crippen molar-refractivity contribution in [3.05, 3.63) is 23.8 Å². The number of hydrogen-bond acceptors (Lipinski definition) is 11. The maximum Gasteiger partial charge on any atom is 0.287 e. The minimum Gasteiger partial charge on any atom is -0.380 e. The largest absolute Gasteiger partial charge is 0.380 e. The quantitative estimate of drug-likeness (QED) is 0.425. The highest BCUT2D eigenvalue weighted by Gasteiger charge is 2.25. The van der Waals surface area contributed by atoms with Crippen LogP contribution in [0, 0.1) is 6.92 Å². The van der Waals surface area contributed by atoms with E-state index >= 15 is 0 Å². The van der Waals surface area contributed by atoms with Gasteiger partial charge in [0.2, 0.25) is 16.0 Å². The molecule has 0 aromatic carbocycles. The first-order chi connectivity index (χ1) is 15.1. The fraction of sp³-hybridized carbons (Fsp3) is 0.444. The molecule has 0 aliphatic rings. The maximum atomic E-state index is 12.7. The normalized spacial score (nSPS) is 11.5. The number of aryl methyl sites for hydroxylation is 1. The number of nitrogens with one attached hydrogen (secondary N) is 2. The lowest BCUT2D eigenvalue weighted by molar-refractivity contribution is 0.0975. The highest BCUT2D eigenvalue weighted by Crippen LogP contribution is 2.28. The molecule has 0 radical (unpaired) electrons. The van der Waals surface area contributed by atoms with Gasteiger partial charge in [-0.25, -0.2) is 28.1 Å². The first kappa shape index (κ1) is 23.3. The van der Waals surface area contributed by atoms with Gasteiger partial charge in [-0.1, -0.05) is 0 Å². The summed E-state index contributed by atoms with van der Waals surface area (Å²) in [7, 11) is -0.310. The average molecular weight is 464 g/mol. The molecular formula is C18H25N9O4S. The van der Waals surface area contributed by atoms with E-state index in [4.69, 9.17) is 4.74 Å². The topological polar surface area (TPSA) is 157 Å². The monoisotopic (exact) mass is 463 g/mol. The Morgan fingerprint density at radius 2 is 2.00 bits per heavy atom. The van der Waals surface area contributed by atoms with Crippen LogP contribution in [0.5, 0.6) is 0 Å². The van der Waals surface area contributed by atoms with E-state index in [9.17, 15) is 13.2 Å². The molecule has 14 heteroatoms. The van der Waals surface area contributed by atoms with Crippen molar-refractivity contribution in [3.63, 3.8) is 0 Å². The van der Waals surface area contributed by atoms with Gasteiger partial charge in [0.1, 0.15) is 23.2 Å². The highest BCUT2D eigenvalue weighted by atomic mass is 32.2. The van der Waals surface area contributed by atoms with Crippen LogP contribution < -0.4 is 14.9 Å². The molecule has 0 unspecified atom stereocenters. The Balaban J connectivity index is 2.21. The third kappa shape index (κ3) is 5.45. The Hall–Kier alpha value is -3.39. The molecule has 0 atom stereocenters. The van der Waals surface area contributed by atoms with Crippen molar-refractivity contribution in [1.82, 2.24) is 34.4 Å². The third-order valence-electron chi connectivity index (χ3n) is 4.17. The van der Waals surface area contributed by atoms with Crippen LogP contribution in [-0.2, 0) is 21.3 Å². The molecule has 32 heavy (non-hydrogen) atoms. The van der Waals surface area contributed by atoms with Crippen LogP contribution in [0.25, 0.3) is 11.0 Å². The van der Waals surface area contributed by atoms with Crippen molar-refractivity contribution in [1.29, 1.82) is 0 Å². The van der Waals surface area contributed by atoms with Crippen molar-refractivity contribution >= 4 is 44.5 Å². The summed E-state index contributed by atoms with van der Waals surface area (Å²) < 4.78 is 32.1. The van der Waals surface area contributed by atoms with E-state index in [1.807, 2.05) is 18.6 Å². The van der Waals surface area contributed by atoms with E-state index in [2.05, 4.69) is 30.4 Å². The third-order valence-corrected chi connectivity index (χ3v) is 4.73. The number of sulfonamides is 1. The zero-order valence-electron chi connectivity index (χ0n) is 18.4. The van der Waals surface area contributed by atoms with E-state index in [0.29, 0.717) is 42.9 Å². The molecule has 0 saturated carbocycles. The Morgan fingerprint density at radius 1 is 1.25 bits per heavy atom. The van der Waals surface area contributed by atoms with Gasteiger partial charge in [0.25, 0.3) is 5.91 Å². The van der Waals surface area contributed by atoms with Gasteiger partial charge in [-0.05, 0) is 13.8 Å². The molecule has 13 nitrogen and oxygen atoms in total. The summed E-state index contributed by atoms with van der Waals surface area (Å²) in [6, 6.07) is 1.74. The van der Waals surface area contributed by atoms with Crippen LogP contribution in [0.2, 0.25) is 0 Å². The summed E-state index contributed by atoms with van der Waals surface area (Å²) in [6.07, 6.45) is 2.31. The molecule has 0 aliphatic heterocycles.